The van der Waals surface area contributed by atoms with Gasteiger partial charge in [0.1, 0.15) is 5.75 Å². The number of carbonyl (C=O) groups is 1. The summed E-state index contributed by atoms with van der Waals surface area (Å²) in [6.07, 6.45) is 6.01. The van der Waals surface area contributed by atoms with Gasteiger partial charge in [-0.2, -0.15) is 0 Å². The molecular formula is C16H21NO4S. The number of ether oxygens (including phenoxy) is 1. The van der Waals surface area contributed by atoms with Crippen molar-refractivity contribution < 1.29 is 18.6 Å². The van der Waals surface area contributed by atoms with Gasteiger partial charge in [0.25, 0.3) is 5.91 Å². The smallest absolute Gasteiger partial charge is 0.257 e. The highest BCUT2D eigenvalue weighted by Crippen LogP contribution is 2.58. The first-order chi connectivity index (χ1) is 10.5. The summed E-state index contributed by atoms with van der Waals surface area (Å²) in [7, 11) is -1.39. The zero-order valence-electron chi connectivity index (χ0n) is 12.6. The molecule has 0 spiro atoms. The van der Waals surface area contributed by atoms with E-state index < -0.39 is 10.6 Å². The van der Waals surface area contributed by atoms with E-state index >= 15 is 0 Å². The second-order valence-electron chi connectivity index (χ2n) is 5.66. The van der Waals surface area contributed by atoms with Crippen LogP contribution in [0.3, 0.4) is 0 Å². The molecule has 1 amide bonds. The number of fused-ring (bicyclic) bond motifs is 1. The van der Waals surface area contributed by atoms with Crippen molar-refractivity contribution in [1.82, 2.24) is 4.90 Å². The number of likely N-dealkylation sites (tertiary alicyclic amines) is 1. The van der Waals surface area contributed by atoms with Crippen LogP contribution in [-0.2, 0) is 0 Å². The molecule has 1 aromatic rings. The molecule has 120 valence electrons. The van der Waals surface area contributed by atoms with Crippen molar-refractivity contribution in [2.45, 2.75) is 30.6 Å². The molecule has 0 aliphatic carbocycles. The van der Waals surface area contributed by atoms with E-state index in [9.17, 15) is 13.9 Å². The van der Waals surface area contributed by atoms with Crippen LogP contribution >= 0.6 is 10.6 Å². The van der Waals surface area contributed by atoms with Crippen molar-refractivity contribution in [2.75, 3.05) is 20.2 Å². The number of nitrogens with zero attached hydrogens (tertiary/aromatic N) is 1. The van der Waals surface area contributed by atoms with Gasteiger partial charge < -0.3 is 9.64 Å². The highest BCUT2D eigenvalue weighted by Gasteiger charge is 2.29. The molecule has 2 heterocycles. The van der Waals surface area contributed by atoms with E-state index in [4.69, 9.17) is 4.74 Å². The van der Waals surface area contributed by atoms with Crippen LogP contribution in [0.5, 0.6) is 5.75 Å². The predicted molar refractivity (Wildman–Crippen MR) is 87.5 cm³/mol. The first-order valence-corrected chi connectivity index (χ1v) is 9.12. The van der Waals surface area contributed by atoms with Gasteiger partial charge >= 0.3 is 0 Å². The van der Waals surface area contributed by atoms with E-state index in [-0.39, 0.29) is 5.91 Å². The van der Waals surface area contributed by atoms with Crippen molar-refractivity contribution in [3.8, 4) is 5.75 Å². The van der Waals surface area contributed by atoms with Crippen molar-refractivity contribution >= 4 is 22.6 Å². The zero-order chi connectivity index (χ0) is 15.7. The predicted octanol–water partition coefficient (Wildman–Crippen LogP) is 3.81. The number of hydrogen-bond acceptors (Lipinski definition) is 4. The molecule has 1 saturated heterocycles. The van der Waals surface area contributed by atoms with Crippen molar-refractivity contribution in [3.05, 3.63) is 28.7 Å². The summed E-state index contributed by atoms with van der Waals surface area (Å²) < 4.78 is 25.4. The highest BCUT2D eigenvalue weighted by molar-refractivity contribution is 8.27. The number of hydrogen-bond donors (Lipinski definition) is 2. The quantitative estimate of drug-likeness (QED) is 0.868. The Balaban J connectivity index is 1.98. The van der Waals surface area contributed by atoms with E-state index in [1.807, 2.05) is 4.90 Å². The Morgan fingerprint density at radius 2 is 1.86 bits per heavy atom. The van der Waals surface area contributed by atoms with Crippen LogP contribution < -0.4 is 4.74 Å². The molecule has 0 radical (unpaired) electrons. The van der Waals surface area contributed by atoms with Crippen LogP contribution in [-0.4, -0.2) is 40.1 Å². The SMILES string of the molecule is COc1c(C(=O)N2CCCCCC2)ccc2c1C=CS2(O)O. The lowest BCUT2D eigenvalue weighted by Crippen LogP contribution is -2.32. The summed E-state index contributed by atoms with van der Waals surface area (Å²) in [6.45, 7) is 1.54. The number of carbonyl (C=O) groups excluding carboxylic acids is 1. The minimum atomic E-state index is -2.90. The molecule has 1 fully saturated rings. The lowest BCUT2D eigenvalue weighted by atomic mass is 10.1. The minimum absolute atomic E-state index is 0.0432. The Labute approximate surface area is 131 Å². The maximum absolute atomic E-state index is 12.8. The summed E-state index contributed by atoms with van der Waals surface area (Å²) in [5.41, 5.74) is 1.09. The van der Waals surface area contributed by atoms with Gasteiger partial charge in [-0.15, -0.1) is 10.6 Å². The Kier molecular flexibility index (Phi) is 4.16. The maximum atomic E-state index is 12.8. The molecule has 3 rings (SSSR count). The third kappa shape index (κ3) is 2.62. The fraction of sp³-hybridized carbons (Fsp3) is 0.438. The lowest BCUT2D eigenvalue weighted by molar-refractivity contribution is 0.0758. The number of rotatable bonds is 2. The van der Waals surface area contributed by atoms with Gasteiger partial charge in [0.05, 0.1) is 17.6 Å². The Morgan fingerprint density at radius 3 is 2.50 bits per heavy atom. The molecule has 1 aromatic carbocycles. The van der Waals surface area contributed by atoms with Crippen molar-refractivity contribution in [3.63, 3.8) is 0 Å². The monoisotopic (exact) mass is 323 g/mol. The Bertz CT molecular complexity index is 619. The lowest BCUT2D eigenvalue weighted by Gasteiger charge is -2.27. The summed E-state index contributed by atoms with van der Waals surface area (Å²) in [5, 5.41) is 1.38. The van der Waals surface area contributed by atoms with E-state index in [0.29, 0.717) is 21.8 Å². The van der Waals surface area contributed by atoms with Crippen LogP contribution in [0.2, 0.25) is 0 Å². The van der Waals surface area contributed by atoms with Crippen molar-refractivity contribution in [2.24, 2.45) is 0 Å². The molecule has 6 heteroatoms. The van der Waals surface area contributed by atoms with Crippen LogP contribution in [0, 0.1) is 0 Å². The largest absolute Gasteiger partial charge is 0.495 e. The van der Waals surface area contributed by atoms with Crippen LogP contribution in [0.4, 0.5) is 0 Å². The fourth-order valence-electron chi connectivity index (χ4n) is 3.07. The van der Waals surface area contributed by atoms with Gasteiger partial charge in [-0.25, -0.2) is 0 Å². The number of benzene rings is 1. The van der Waals surface area contributed by atoms with E-state index in [1.54, 1.807) is 18.2 Å². The summed E-state index contributed by atoms with van der Waals surface area (Å²) in [4.78, 5) is 15.1. The first-order valence-electron chi connectivity index (χ1n) is 7.51. The Morgan fingerprint density at radius 1 is 1.18 bits per heavy atom. The molecule has 5 nitrogen and oxygen atoms in total. The van der Waals surface area contributed by atoms with Crippen LogP contribution in [0.1, 0.15) is 41.6 Å². The Hall–Kier alpha value is -1.50. The van der Waals surface area contributed by atoms with Gasteiger partial charge in [0.15, 0.2) is 0 Å². The average molecular weight is 323 g/mol. The van der Waals surface area contributed by atoms with Gasteiger partial charge in [0, 0.05) is 24.1 Å². The zero-order valence-corrected chi connectivity index (χ0v) is 13.4. The van der Waals surface area contributed by atoms with Crippen LogP contribution in [0.25, 0.3) is 6.08 Å². The fourth-order valence-corrected chi connectivity index (χ4v) is 4.30. The van der Waals surface area contributed by atoms with E-state index in [1.165, 1.54) is 12.5 Å². The number of methoxy groups -OCH3 is 1. The average Bonchev–Trinajstić information content (AvgIpc) is 2.72. The molecule has 0 saturated carbocycles. The third-order valence-corrected chi connectivity index (χ3v) is 5.75. The molecule has 0 atom stereocenters. The summed E-state index contributed by atoms with van der Waals surface area (Å²) in [5.74, 6) is 0.388. The number of amides is 1. The molecule has 2 N–H and O–H groups in total. The van der Waals surface area contributed by atoms with Crippen molar-refractivity contribution in [1.29, 1.82) is 0 Å². The second-order valence-corrected chi connectivity index (χ2v) is 7.56. The minimum Gasteiger partial charge on any atom is -0.495 e. The topological polar surface area (TPSA) is 70.0 Å². The molecule has 2 aliphatic rings. The molecule has 2 aliphatic heterocycles. The molecule has 22 heavy (non-hydrogen) atoms. The summed E-state index contributed by atoms with van der Waals surface area (Å²) >= 11 is 0. The first kappa shape index (κ1) is 15.4. The molecular weight excluding hydrogens is 302 g/mol. The van der Waals surface area contributed by atoms with Gasteiger partial charge in [-0.05, 0) is 31.1 Å². The van der Waals surface area contributed by atoms with Gasteiger partial charge in [0.2, 0.25) is 0 Å². The summed E-state index contributed by atoms with van der Waals surface area (Å²) in [6, 6.07) is 3.27. The molecule has 0 aromatic heterocycles. The second kappa shape index (κ2) is 5.95. The van der Waals surface area contributed by atoms with Gasteiger partial charge in [-0.1, -0.05) is 12.8 Å². The van der Waals surface area contributed by atoms with Gasteiger partial charge in [-0.3, -0.25) is 13.9 Å². The maximum Gasteiger partial charge on any atom is 0.257 e. The molecule has 0 unspecified atom stereocenters. The third-order valence-electron chi connectivity index (χ3n) is 4.23. The standard InChI is InChI=1S/C16H21NO4S/c1-21-15-12-8-11-22(19,20)14(12)7-6-13(15)16(18)17-9-4-2-3-5-10-17/h6-8,11,19-20H,2-5,9-10H2,1H3. The van der Waals surface area contributed by atoms with E-state index in [2.05, 4.69) is 0 Å². The van der Waals surface area contributed by atoms with E-state index in [0.717, 1.165) is 38.8 Å². The normalized spacial score (nSPS) is 21.1. The van der Waals surface area contributed by atoms with Crippen LogP contribution in [0.15, 0.2) is 22.4 Å². The highest BCUT2D eigenvalue weighted by atomic mass is 32.3. The molecule has 0 bridgehead atoms.